The molecule has 4 atom stereocenters. The highest BCUT2D eigenvalue weighted by atomic mass is 16.2. The molecule has 0 aliphatic heterocycles. The fraction of sp³-hybridized carbons (Fsp3) is 0.341. The Bertz CT molecular complexity index is 1730. The zero-order valence-electron chi connectivity index (χ0n) is 30.2. The first-order valence-electron chi connectivity index (χ1n) is 18.1. The molecule has 8 nitrogen and oxygen atoms in total. The Balaban J connectivity index is 1.59. The third-order valence-electron chi connectivity index (χ3n) is 9.27. The molecule has 0 saturated carbocycles. The molecule has 0 heterocycles. The molecule has 4 aromatic rings. The number of hydrogen-bond donors (Lipinski definition) is 3. The van der Waals surface area contributed by atoms with Gasteiger partial charge < -0.3 is 16.4 Å². The highest BCUT2D eigenvalue weighted by Crippen LogP contribution is 2.23. The second kappa shape index (κ2) is 20.6. The Hall–Kier alpha value is -5.21. The first-order chi connectivity index (χ1) is 25.1. The number of carbonyl (C=O) groups excluding carboxylic acids is 5. The number of Topliss-reactive ketones (excluding diaryl/α,β-unsaturated/α-hetero) is 3. The van der Waals surface area contributed by atoms with Crippen LogP contribution in [0.3, 0.4) is 0 Å². The van der Waals surface area contributed by atoms with Crippen molar-refractivity contribution < 1.29 is 24.0 Å². The molecule has 0 aliphatic carbocycles. The number of benzene rings is 4. The van der Waals surface area contributed by atoms with Crippen molar-refractivity contribution in [1.29, 1.82) is 0 Å². The summed E-state index contributed by atoms with van der Waals surface area (Å²) in [6.07, 6.45) is 0.932. The molecule has 52 heavy (non-hydrogen) atoms. The molecular weight excluding hydrogens is 651 g/mol. The lowest BCUT2D eigenvalue weighted by Crippen LogP contribution is -2.47. The van der Waals surface area contributed by atoms with Gasteiger partial charge in [0.25, 0.3) is 0 Å². The molecule has 0 aliphatic rings. The van der Waals surface area contributed by atoms with Crippen LogP contribution in [-0.4, -0.2) is 47.8 Å². The summed E-state index contributed by atoms with van der Waals surface area (Å²) >= 11 is 0. The highest BCUT2D eigenvalue weighted by Gasteiger charge is 2.32. The summed E-state index contributed by atoms with van der Waals surface area (Å²) in [5.41, 5.74) is 9.32. The van der Waals surface area contributed by atoms with Crippen molar-refractivity contribution in [1.82, 2.24) is 10.6 Å². The van der Waals surface area contributed by atoms with Gasteiger partial charge in [-0.1, -0.05) is 135 Å². The van der Waals surface area contributed by atoms with Crippen LogP contribution in [-0.2, 0) is 49.7 Å². The number of carbonyl (C=O) groups is 5. The van der Waals surface area contributed by atoms with E-state index in [1.54, 1.807) is 0 Å². The van der Waals surface area contributed by atoms with Gasteiger partial charge in [0.1, 0.15) is 11.6 Å². The van der Waals surface area contributed by atoms with E-state index in [1.807, 2.05) is 135 Å². The van der Waals surface area contributed by atoms with E-state index in [4.69, 9.17) is 5.73 Å². The maximum absolute atomic E-state index is 14.3. The van der Waals surface area contributed by atoms with Gasteiger partial charge in [-0.25, -0.2) is 0 Å². The van der Waals surface area contributed by atoms with Gasteiger partial charge in [0.05, 0.1) is 12.6 Å². The van der Waals surface area contributed by atoms with Crippen molar-refractivity contribution in [2.24, 2.45) is 23.5 Å². The molecule has 4 rings (SSSR count). The fourth-order valence-corrected chi connectivity index (χ4v) is 6.37. The van der Waals surface area contributed by atoms with E-state index in [1.165, 1.54) is 0 Å². The van der Waals surface area contributed by atoms with E-state index in [0.717, 1.165) is 22.3 Å². The number of ketones is 3. The average Bonchev–Trinajstić information content (AvgIpc) is 3.14. The third-order valence-corrected chi connectivity index (χ3v) is 9.27. The van der Waals surface area contributed by atoms with E-state index in [-0.39, 0.29) is 55.6 Å². The van der Waals surface area contributed by atoms with Crippen LogP contribution < -0.4 is 16.4 Å². The van der Waals surface area contributed by atoms with Gasteiger partial charge in [-0.2, -0.15) is 0 Å². The van der Waals surface area contributed by atoms with Crippen LogP contribution in [0.4, 0.5) is 0 Å². The summed E-state index contributed by atoms with van der Waals surface area (Å²) in [5, 5.41) is 6.14. The predicted octanol–water partition coefficient (Wildman–Crippen LogP) is 5.65. The second-order valence-electron chi connectivity index (χ2n) is 13.9. The van der Waals surface area contributed by atoms with E-state index in [0.29, 0.717) is 19.3 Å². The SMILES string of the molecule is CC(C)NCC(=O)C[C@H](Cc1ccccc1)C(=O)N[C@H](Cc1ccccc1)C(=O)C[C@H](Cc1ccccc1)C(=O)C[C@H](Cc1ccccc1)C(N)=O. The minimum Gasteiger partial charge on any atom is -0.369 e. The molecule has 0 fully saturated rings. The summed E-state index contributed by atoms with van der Waals surface area (Å²) in [7, 11) is 0. The van der Waals surface area contributed by atoms with Crippen LogP contribution in [0.25, 0.3) is 0 Å². The van der Waals surface area contributed by atoms with Crippen molar-refractivity contribution in [3.05, 3.63) is 144 Å². The maximum Gasteiger partial charge on any atom is 0.224 e. The normalized spacial score (nSPS) is 13.4. The number of primary amides is 1. The van der Waals surface area contributed by atoms with Crippen LogP contribution in [0.2, 0.25) is 0 Å². The Labute approximate surface area is 307 Å². The molecule has 0 unspecified atom stereocenters. The molecular formula is C44H51N3O5. The largest absolute Gasteiger partial charge is 0.369 e. The molecule has 0 spiro atoms. The first kappa shape index (κ1) is 39.6. The van der Waals surface area contributed by atoms with Gasteiger partial charge in [-0.05, 0) is 47.9 Å². The van der Waals surface area contributed by atoms with E-state index in [2.05, 4.69) is 10.6 Å². The first-order valence-corrected chi connectivity index (χ1v) is 18.1. The van der Waals surface area contributed by atoms with Crippen molar-refractivity contribution in [2.75, 3.05) is 6.54 Å². The summed E-state index contributed by atoms with van der Waals surface area (Å²) < 4.78 is 0. The zero-order chi connectivity index (χ0) is 37.3. The molecule has 0 radical (unpaired) electrons. The summed E-state index contributed by atoms with van der Waals surface area (Å²) in [4.78, 5) is 68.0. The number of amides is 2. The smallest absolute Gasteiger partial charge is 0.224 e. The Morgan fingerprint density at radius 2 is 0.923 bits per heavy atom. The number of hydrogen-bond acceptors (Lipinski definition) is 6. The average molecular weight is 702 g/mol. The van der Waals surface area contributed by atoms with Gasteiger partial charge in [0, 0.05) is 43.1 Å². The van der Waals surface area contributed by atoms with Crippen LogP contribution in [0, 0.1) is 17.8 Å². The monoisotopic (exact) mass is 701 g/mol. The summed E-state index contributed by atoms with van der Waals surface area (Å²) in [5.74, 6) is -3.76. The minimum atomic E-state index is -0.945. The van der Waals surface area contributed by atoms with Gasteiger partial charge >= 0.3 is 0 Å². The Morgan fingerprint density at radius 1 is 0.519 bits per heavy atom. The van der Waals surface area contributed by atoms with Crippen LogP contribution in [0.15, 0.2) is 121 Å². The molecule has 8 heteroatoms. The second-order valence-corrected chi connectivity index (χ2v) is 13.9. The highest BCUT2D eigenvalue weighted by molar-refractivity contribution is 5.95. The lowest BCUT2D eigenvalue weighted by molar-refractivity contribution is -0.134. The molecule has 2 amide bonds. The van der Waals surface area contributed by atoms with Gasteiger partial charge in [-0.3, -0.25) is 24.0 Å². The Morgan fingerprint density at radius 3 is 1.37 bits per heavy atom. The fourth-order valence-electron chi connectivity index (χ4n) is 6.37. The number of rotatable bonds is 22. The van der Waals surface area contributed by atoms with E-state index >= 15 is 0 Å². The number of nitrogens with two attached hydrogens (primary N) is 1. The zero-order valence-corrected chi connectivity index (χ0v) is 30.2. The molecule has 272 valence electrons. The summed E-state index contributed by atoms with van der Waals surface area (Å²) in [6.45, 7) is 4.05. The van der Waals surface area contributed by atoms with Crippen molar-refractivity contribution in [2.45, 2.75) is 70.9 Å². The summed E-state index contributed by atoms with van der Waals surface area (Å²) in [6, 6.07) is 36.9. The standard InChI is InChI=1S/C44H51N3O5/c1-31(2)46-30-39(48)27-38(25-34-19-11-5-12-20-34)44(52)47-40(26-35-21-13-6-14-22-35)42(50)28-36(23-32-15-7-3-8-16-32)41(49)29-37(43(45)51)24-33-17-9-4-10-18-33/h3-22,31,36-38,40,46H,23-30H2,1-2H3,(H2,45,51)(H,47,52)/t36-,37-,38-,40+/m0/s1. The van der Waals surface area contributed by atoms with E-state index < -0.39 is 35.6 Å². The van der Waals surface area contributed by atoms with Crippen LogP contribution in [0.1, 0.15) is 55.4 Å². The van der Waals surface area contributed by atoms with E-state index in [9.17, 15) is 24.0 Å². The van der Waals surface area contributed by atoms with Crippen LogP contribution >= 0.6 is 0 Å². The lowest BCUT2D eigenvalue weighted by atomic mass is 9.83. The third kappa shape index (κ3) is 13.5. The van der Waals surface area contributed by atoms with Crippen molar-refractivity contribution in [3.8, 4) is 0 Å². The van der Waals surface area contributed by atoms with Crippen molar-refractivity contribution >= 4 is 29.2 Å². The quantitative estimate of drug-likeness (QED) is 0.0970. The molecule has 0 saturated heterocycles. The topological polar surface area (TPSA) is 135 Å². The molecule has 4 N–H and O–H groups in total. The Kier molecular flexibility index (Phi) is 15.7. The lowest BCUT2D eigenvalue weighted by Gasteiger charge is -2.25. The van der Waals surface area contributed by atoms with Gasteiger partial charge in [-0.15, -0.1) is 0 Å². The predicted molar refractivity (Wildman–Crippen MR) is 204 cm³/mol. The maximum atomic E-state index is 14.3. The minimum absolute atomic E-state index is 0.0116. The van der Waals surface area contributed by atoms with Gasteiger partial charge in [0.15, 0.2) is 5.78 Å². The number of nitrogens with one attached hydrogen (secondary N) is 2. The molecule has 0 bridgehead atoms. The van der Waals surface area contributed by atoms with Gasteiger partial charge in [0.2, 0.25) is 11.8 Å². The van der Waals surface area contributed by atoms with Crippen LogP contribution in [0.5, 0.6) is 0 Å². The molecule has 4 aromatic carbocycles. The molecule has 0 aromatic heterocycles. The van der Waals surface area contributed by atoms with Crippen molar-refractivity contribution in [3.63, 3.8) is 0 Å².